The van der Waals surface area contributed by atoms with Gasteiger partial charge >= 0.3 is 0 Å². The van der Waals surface area contributed by atoms with Crippen LogP contribution >= 0.6 is 24.0 Å². The lowest BCUT2D eigenvalue weighted by molar-refractivity contribution is 0.373. The van der Waals surface area contributed by atoms with E-state index >= 15 is 0 Å². The van der Waals surface area contributed by atoms with Gasteiger partial charge in [0.2, 0.25) is 0 Å². The van der Waals surface area contributed by atoms with Crippen molar-refractivity contribution in [3.8, 4) is 5.75 Å². The summed E-state index contributed by atoms with van der Waals surface area (Å²) >= 11 is 0. The van der Waals surface area contributed by atoms with Gasteiger partial charge in [-0.3, -0.25) is 9.67 Å². The molecule has 2 heterocycles. The summed E-state index contributed by atoms with van der Waals surface area (Å²) in [5, 5.41) is 8.03. The van der Waals surface area contributed by atoms with Crippen molar-refractivity contribution in [1.29, 1.82) is 0 Å². The molecule has 160 valence electrons. The lowest BCUT2D eigenvalue weighted by atomic mass is 10.1. The summed E-state index contributed by atoms with van der Waals surface area (Å²) in [7, 11) is 5.56. The Hall–Kier alpha value is -1.97. The highest BCUT2D eigenvalue weighted by molar-refractivity contribution is 14.0. The monoisotopic (exact) mass is 512 g/mol. The maximum absolute atomic E-state index is 5.25. The van der Waals surface area contributed by atoms with Crippen LogP contribution in [0.5, 0.6) is 5.75 Å². The van der Waals surface area contributed by atoms with Gasteiger partial charge in [-0.15, -0.1) is 24.0 Å². The second kappa shape index (κ2) is 10.7. The van der Waals surface area contributed by atoms with Gasteiger partial charge in [-0.1, -0.05) is 0 Å². The number of benzene rings is 1. The number of aromatic nitrogens is 2. The average Bonchev–Trinajstić information content (AvgIpc) is 2.97. The zero-order valence-electron chi connectivity index (χ0n) is 18.1. The fourth-order valence-electron chi connectivity index (χ4n) is 3.78. The number of guanidine groups is 1. The quantitative estimate of drug-likeness (QED) is 0.379. The summed E-state index contributed by atoms with van der Waals surface area (Å²) in [4.78, 5) is 9.23. The molecule has 0 radical (unpaired) electrons. The lowest BCUT2D eigenvalue weighted by Gasteiger charge is -2.37. The van der Waals surface area contributed by atoms with Crippen LogP contribution in [0.3, 0.4) is 0 Å². The Morgan fingerprint density at radius 2 is 1.79 bits per heavy atom. The predicted molar refractivity (Wildman–Crippen MR) is 130 cm³/mol. The minimum absolute atomic E-state index is 0. The van der Waals surface area contributed by atoms with Gasteiger partial charge in [-0.05, 0) is 50.1 Å². The van der Waals surface area contributed by atoms with E-state index in [0.717, 1.165) is 56.5 Å². The SMILES string of the molecule is CN=C(NCCc1c(C)nn(C)c1C)N1CCN(c2ccc(OC)cc2)CC1.I. The maximum Gasteiger partial charge on any atom is 0.193 e. The van der Waals surface area contributed by atoms with Gasteiger partial charge in [-0.25, -0.2) is 0 Å². The molecule has 1 aromatic carbocycles. The zero-order chi connectivity index (χ0) is 20.1. The summed E-state index contributed by atoms with van der Waals surface area (Å²) in [5.74, 6) is 1.87. The van der Waals surface area contributed by atoms with Crippen molar-refractivity contribution in [3.63, 3.8) is 0 Å². The molecule has 1 fully saturated rings. The molecule has 0 amide bonds. The Balaban J connectivity index is 0.00000300. The number of rotatable bonds is 5. The molecule has 7 nitrogen and oxygen atoms in total. The Morgan fingerprint density at radius 3 is 2.31 bits per heavy atom. The van der Waals surface area contributed by atoms with Crippen LogP contribution in [0.1, 0.15) is 17.0 Å². The molecule has 1 aliphatic rings. The first kappa shape index (κ1) is 23.3. The lowest BCUT2D eigenvalue weighted by Crippen LogP contribution is -2.52. The van der Waals surface area contributed by atoms with Crippen LogP contribution in [0.25, 0.3) is 0 Å². The Labute approximate surface area is 191 Å². The Morgan fingerprint density at radius 1 is 1.14 bits per heavy atom. The fourth-order valence-corrected chi connectivity index (χ4v) is 3.78. The van der Waals surface area contributed by atoms with Crippen LogP contribution in [0, 0.1) is 13.8 Å². The number of nitrogens with one attached hydrogen (secondary N) is 1. The third kappa shape index (κ3) is 5.55. The molecule has 0 atom stereocenters. The van der Waals surface area contributed by atoms with Gasteiger partial charge in [0.05, 0.1) is 12.8 Å². The van der Waals surface area contributed by atoms with E-state index in [1.54, 1.807) is 7.11 Å². The largest absolute Gasteiger partial charge is 0.497 e. The van der Waals surface area contributed by atoms with Crippen molar-refractivity contribution >= 4 is 35.6 Å². The van der Waals surface area contributed by atoms with E-state index in [1.165, 1.54) is 16.9 Å². The first-order valence-electron chi connectivity index (χ1n) is 9.87. The van der Waals surface area contributed by atoms with E-state index in [0.29, 0.717) is 0 Å². The highest BCUT2D eigenvalue weighted by atomic mass is 127. The highest BCUT2D eigenvalue weighted by Crippen LogP contribution is 2.20. The molecule has 29 heavy (non-hydrogen) atoms. The maximum atomic E-state index is 5.25. The molecule has 3 rings (SSSR count). The number of hydrogen-bond acceptors (Lipinski definition) is 4. The van der Waals surface area contributed by atoms with E-state index in [4.69, 9.17) is 4.74 Å². The summed E-state index contributed by atoms with van der Waals surface area (Å²) in [5.41, 5.74) is 4.92. The Kier molecular flexibility index (Phi) is 8.60. The predicted octanol–water partition coefficient (Wildman–Crippen LogP) is 2.60. The van der Waals surface area contributed by atoms with E-state index in [9.17, 15) is 0 Å². The van der Waals surface area contributed by atoms with Crippen LogP contribution in [0.4, 0.5) is 5.69 Å². The van der Waals surface area contributed by atoms with Crippen molar-refractivity contribution in [1.82, 2.24) is 20.0 Å². The number of nitrogens with zero attached hydrogens (tertiary/aromatic N) is 5. The van der Waals surface area contributed by atoms with Gasteiger partial charge < -0.3 is 19.9 Å². The van der Waals surface area contributed by atoms with Crippen LogP contribution in [-0.2, 0) is 13.5 Å². The second-order valence-corrected chi connectivity index (χ2v) is 7.17. The third-order valence-electron chi connectivity index (χ3n) is 5.55. The number of methoxy groups -OCH3 is 1. The number of anilines is 1. The first-order valence-corrected chi connectivity index (χ1v) is 9.87. The second-order valence-electron chi connectivity index (χ2n) is 7.17. The van der Waals surface area contributed by atoms with Gasteiger partial charge in [0, 0.05) is 58.2 Å². The molecule has 0 saturated carbocycles. The topological polar surface area (TPSA) is 57.9 Å². The molecular weight excluding hydrogens is 479 g/mol. The summed E-state index contributed by atoms with van der Waals surface area (Å²) in [6.45, 7) is 8.94. The number of piperazine rings is 1. The molecule has 1 aliphatic heterocycles. The van der Waals surface area contributed by atoms with Crippen molar-refractivity contribution in [2.45, 2.75) is 20.3 Å². The highest BCUT2D eigenvalue weighted by Gasteiger charge is 2.20. The van der Waals surface area contributed by atoms with Gasteiger partial charge in [0.15, 0.2) is 5.96 Å². The minimum atomic E-state index is 0. The van der Waals surface area contributed by atoms with E-state index in [2.05, 4.69) is 51.2 Å². The summed E-state index contributed by atoms with van der Waals surface area (Å²) in [6, 6.07) is 8.29. The molecule has 0 unspecified atom stereocenters. The normalized spacial score (nSPS) is 14.6. The molecule has 8 heteroatoms. The van der Waals surface area contributed by atoms with Crippen molar-refractivity contribution in [2.75, 3.05) is 51.8 Å². The number of ether oxygens (including phenoxy) is 1. The number of aryl methyl sites for hydroxylation is 2. The zero-order valence-corrected chi connectivity index (χ0v) is 20.4. The molecule has 1 aromatic heterocycles. The standard InChI is InChI=1S/C21H32N6O.HI/c1-16-20(17(2)25(4)24-16)10-11-23-21(22-3)27-14-12-26(13-15-27)18-6-8-19(28-5)9-7-18;/h6-9H,10-15H2,1-5H3,(H,22,23);1H. The molecule has 1 N–H and O–H groups in total. The van der Waals surface area contributed by atoms with Crippen LogP contribution in [0.15, 0.2) is 29.3 Å². The molecule has 2 aromatic rings. The van der Waals surface area contributed by atoms with Crippen molar-refractivity contribution < 1.29 is 4.74 Å². The Bertz CT molecular complexity index is 809. The molecule has 0 spiro atoms. The first-order chi connectivity index (χ1) is 13.5. The molecular formula is C21H33IN6O. The number of hydrogen-bond donors (Lipinski definition) is 1. The van der Waals surface area contributed by atoms with E-state index < -0.39 is 0 Å². The van der Waals surface area contributed by atoms with E-state index in [1.807, 2.05) is 30.9 Å². The molecule has 0 aliphatic carbocycles. The smallest absolute Gasteiger partial charge is 0.193 e. The van der Waals surface area contributed by atoms with Gasteiger partial charge in [0.25, 0.3) is 0 Å². The number of halogens is 1. The minimum Gasteiger partial charge on any atom is -0.497 e. The van der Waals surface area contributed by atoms with Gasteiger partial charge in [-0.2, -0.15) is 5.10 Å². The molecule has 0 bridgehead atoms. The summed E-state index contributed by atoms with van der Waals surface area (Å²) < 4.78 is 7.21. The molecule has 1 saturated heterocycles. The number of aliphatic imine (C=N–C) groups is 1. The van der Waals surface area contributed by atoms with E-state index in [-0.39, 0.29) is 24.0 Å². The van der Waals surface area contributed by atoms with Crippen molar-refractivity contribution in [2.24, 2.45) is 12.0 Å². The summed E-state index contributed by atoms with van der Waals surface area (Å²) in [6.07, 6.45) is 0.955. The van der Waals surface area contributed by atoms with Crippen LogP contribution < -0.4 is 15.0 Å². The van der Waals surface area contributed by atoms with Crippen molar-refractivity contribution in [3.05, 3.63) is 41.2 Å². The van der Waals surface area contributed by atoms with Gasteiger partial charge in [0.1, 0.15) is 5.75 Å². The van der Waals surface area contributed by atoms with Crippen LogP contribution in [-0.4, -0.2) is 67.5 Å². The van der Waals surface area contributed by atoms with Crippen LogP contribution in [0.2, 0.25) is 0 Å². The average molecular weight is 512 g/mol. The fraction of sp³-hybridized carbons (Fsp3) is 0.524. The third-order valence-corrected chi connectivity index (χ3v) is 5.55.